The summed E-state index contributed by atoms with van der Waals surface area (Å²) < 4.78 is 30.5. The molecular formula is C17H26F2N2O2. The van der Waals surface area contributed by atoms with E-state index >= 15 is 0 Å². The monoisotopic (exact) mass is 328 g/mol. The van der Waals surface area contributed by atoms with Crippen molar-refractivity contribution in [2.24, 2.45) is 0 Å². The maximum atomic E-state index is 12.4. The molecule has 1 aromatic rings. The van der Waals surface area contributed by atoms with E-state index in [4.69, 9.17) is 4.74 Å². The summed E-state index contributed by atoms with van der Waals surface area (Å²) in [7, 11) is 0. The molecule has 1 aliphatic rings. The Morgan fingerprint density at radius 1 is 1.13 bits per heavy atom. The zero-order valence-electron chi connectivity index (χ0n) is 13.6. The Hall–Kier alpha value is -1.24. The number of alkyl halides is 2. The molecule has 1 unspecified atom stereocenters. The fraction of sp³-hybridized carbons (Fsp3) is 0.647. The van der Waals surface area contributed by atoms with E-state index in [1.165, 1.54) is 0 Å². The molecule has 0 saturated carbocycles. The third-order valence-electron chi connectivity index (χ3n) is 3.98. The first kappa shape index (κ1) is 18.1. The van der Waals surface area contributed by atoms with E-state index in [9.17, 15) is 13.9 Å². The van der Waals surface area contributed by atoms with Crippen LogP contribution < -0.4 is 4.74 Å². The van der Waals surface area contributed by atoms with Gasteiger partial charge in [0.05, 0.1) is 6.54 Å². The van der Waals surface area contributed by atoms with Gasteiger partial charge in [-0.2, -0.15) is 0 Å². The van der Waals surface area contributed by atoms with Crippen LogP contribution in [0.15, 0.2) is 24.3 Å². The van der Waals surface area contributed by atoms with Crippen LogP contribution in [-0.4, -0.2) is 73.3 Å². The van der Waals surface area contributed by atoms with Crippen LogP contribution in [0.2, 0.25) is 0 Å². The molecule has 0 amide bonds. The molecule has 0 aliphatic carbocycles. The molecule has 4 nitrogen and oxygen atoms in total. The number of hydrogen-bond acceptors (Lipinski definition) is 4. The molecule has 2 rings (SSSR count). The van der Waals surface area contributed by atoms with Crippen molar-refractivity contribution in [3.8, 4) is 5.75 Å². The number of aliphatic hydroxyl groups excluding tert-OH is 1. The molecule has 1 N–H and O–H groups in total. The minimum atomic E-state index is -2.28. The predicted octanol–water partition coefficient (Wildman–Crippen LogP) is 2.01. The molecule has 0 bridgehead atoms. The molecule has 0 radical (unpaired) electrons. The number of halogens is 2. The Morgan fingerprint density at radius 3 is 2.48 bits per heavy atom. The van der Waals surface area contributed by atoms with Crippen LogP contribution in [0.1, 0.15) is 12.0 Å². The molecule has 1 saturated heterocycles. The highest BCUT2D eigenvalue weighted by Gasteiger charge is 2.19. The summed E-state index contributed by atoms with van der Waals surface area (Å²) in [4.78, 5) is 3.91. The van der Waals surface area contributed by atoms with Gasteiger partial charge in [0.2, 0.25) is 0 Å². The molecule has 6 heteroatoms. The van der Waals surface area contributed by atoms with Crippen molar-refractivity contribution < 1.29 is 18.6 Å². The first-order valence-corrected chi connectivity index (χ1v) is 8.13. The number of benzene rings is 1. The van der Waals surface area contributed by atoms with Crippen LogP contribution in [0, 0.1) is 6.92 Å². The molecule has 0 spiro atoms. The van der Waals surface area contributed by atoms with Crippen molar-refractivity contribution in [1.29, 1.82) is 0 Å². The fourth-order valence-electron chi connectivity index (χ4n) is 2.83. The molecule has 23 heavy (non-hydrogen) atoms. The zero-order chi connectivity index (χ0) is 16.7. The van der Waals surface area contributed by atoms with Gasteiger partial charge in [-0.25, -0.2) is 8.78 Å². The second-order valence-electron chi connectivity index (χ2n) is 6.13. The van der Waals surface area contributed by atoms with Gasteiger partial charge in [0.25, 0.3) is 6.43 Å². The minimum Gasteiger partial charge on any atom is -0.491 e. The van der Waals surface area contributed by atoms with E-state index < -0.39 is 12.5 Å². The summed E-state index contributed by atoms with van der Waals surface area (Å²) in [5.41, 5.74) is 1.11. The summed E-state index contributed by atoms with van der Waals surface area (Å²) >= 11 is 0. The zero-order valence-corrected chi connectivity index (χ0v) is 13.6. The average molecular weight is 328 g/mol. The summed E-state index contributed by atoms with van der Waals surface area (Å²) in [5.74, 6) is 0.753. The van der Waals surface area contributed by atoms with E-state index in [0.717, 1.165) is 24.3 Å². The van der Waals surface area contributed by atoms with Gasteiger partial charge in [0.15, 0.2) is 0 Å². The second-order valence-corrected chi connectivity index (χ2v) is 6.13. The van der Waals surface area contributed by atoms with Crippen LogP contribution in [0.25, 0.3) is 0 Å². The van der Waals surface area contributed by atoms with Gasteiger partial charge in [0, 0.05) is 19.6 Å². The first-order chi connectivity index (χ1) is 11.0. The summed E-state index contributed by atoms with van der Waals surface area (Å²) in [6, 6.07) is 7.71. The maximum absolute atomic E-state index is 12.4. The lowest BCUT2D eigenvalue weighted by Gasteiger charge is -2.24. The van der Waals surface area contributed by atoms with Crippen molar-refractivity contribution in [3.63, 3.8) is 0 Å². The highest BCUT2D eigenvalue weighted by molar-refractivity contribution is 5.27. The number of ether oxygens (including phenoxy) is 1. The lowest BCUT2D eigenvalue weighted by molar-refractivity contribution is 0.0662. The van der Waals surface area contributed by atoms with E-state index in [2.05, 4.69) is 4.90 Å². The van der Waals surface area contributed by atoms with E-state index in [1.54, 1.807) is 4.90 Å². The van der Waals surface area contributed by atoms with E-state index in [0.29, 0.717) is 26.2 Å². The van der Waals surface area contributed by atoms with E-state index in [1.807, 2.05) is 31.2 Å². The number of aryl methyl sites for hydroxylation is 1. The van der Waals surface area contributed by atoms with Crippen LogP contribution >= 0.6 is 0 Å². The summed E-state index contributed by atoms with van der Waals surface area (Å²) in [6.45, 7) is 5.41. The minimum absolute atomic E-state index is 0.160. The number of β-amino-alcohol motifs (C(OH)–C–C–N with tert-alkyl or cyclic N) is 1. The van der Waals surface area contributed by atoms with Gasteiger partial charge in [-0.05, 0) is 44.1 Å². The highest BCUT2D eigenvalue weighted by atomic mass is 19.3. The number of hydrogen-bond donors (Lipinski definition) is 1. The molecule has 1 atom stereocenters. The van der Waals surface area contributed by atoms with Gasteiger partial charge in [-0.1, -0.05) is 12.1 Å². The fourth-order valence-corrected chi connectivity index (χ4v) is 2.83. The molecule has 0 aromatic heterocycles. The third kappa shape index (κ3) is 6.81. The number of aliphatic hydroxyl groups is 1. The average Bonchev–Trinajstić information content (AvgIpc) is 2.70. The van der Waals surface area contributed by atoms with Crippen molar-refractivity contribution in [2.45, 2.75) is 25.9 Å². The Morgan fingerprint density at radius 2 is 1.83 bits per heavy atom. The van der Waals surface area contributed by atoms with Gasteiger partial charge in [0.1, 0.15) is 18.5 Å². The lowest BCUT2D eigenvalue weighted by atomic mass is 10.2. The second kappa shape index (κ2) is 9.15. The third-order valence-corrected chi connectivity index (χ3v) is 3.98. The Kier molecular flexibility index (Phi) is 7.20. The Balaban J connectivity index is 1.71. The van der Waals surface area contributed by atoms with E-state index in [-0.39, 0.29) is 13.2 Å². The molecule has 1 heterocycles. The van der Waals surface area contributed by atoms with Crippen molar-refractivity contribution in [3.05, 3.63) is 29.8 Å². The molecule has 1 fully saturated rings. The molecule has 130 valence electrons. The normalized spacial score (nSPS) is 18.8. The largest absolute Gasteiger partial charge is 0.491 e. The molecular weight excluding hydrogens is 302 g/mol. The highest BCUT2D eigenvalue weighted by Crippen LogP contribution is 2.13. The Labute approximate surface area is 136 Å². The van der Waals surface area contributed by atoms with Gasteiger partial charge < -0.3 is 9.84 Å². The smallest absolute Gasteiger partial charge is 0.251 e. The van der Waals surface area contributed by atoms with Gasteiger partial charge in [-0.15, -0.1) is 0 Å². The van der Waals surface area contributed by atoms with Crippen molar-refractivity contribution >= 4 is 0 Å². The van der Waals surface area contributed by atoms with Crippen molar-refractivity contribution in [2.75, 3.05) is 45.9 Å². The molecule has 1 aromatic carbocycles. The van der Waals surface area contributed by atoms with Crippen LogP contribution in [0.3, 0.4) is 0 Å². The summed E-state index contributed by atoms with van der Waals surface area (Å²) in [5, 5.41) is 10.1. The lowest BCUT2D eigenvalue weighted by Crippen LogP contribution is -2.38. The summed E-state index contributed by atoms with van der Waals surface area (Å²) in [6.07, 6.45) is -2.02. The standard InChI is InChI=1S/C17H26F2N2O2/c1-14-4-2-5-16(10-14)23-13-15(22)11-20-6-3-7-21(9-8-20)12-17(18)19/h2,4-5,10,15,17,22H,3,6-9,11-13H2,1H3. The predicted molar refractivity (Wildman–Crippen MR) is 86.2 cm³/mol. The van der Waals surface area contributed by atoms with Crippen LogP contribution in [0.4, 0.5) is 8.78 Å². The van der Waals surface area contributed by atoms with Crippen molar-refractivity contribution in [1.82, 2.24) is 9.80 Å². The topological polar surface area (TPSA) is 35.9 Å². The van der Waals surface area contributed by atoms with Crippen LogP contribution in [-0.2, 0) is 0 Å². The number of rotatable bonds is 7. The van der Waals surface area contributed by atoms with Gasteiger partial charge >= 0.3 is 0 Å². The Bertz CT molecular complexity index is 474. The first-order valence-electron chi connectivity index (χ1n) is 8.13. The quantitative estimate of drug-likeness (QED) is 0.831. The maximum Gasteiger partial charge on any atom is 0.251 e. The van der Waals surface area contributed by atoms with Crippen LogP contribution in [0.5, 0.6) is 5.75 Å². The number of nitrogens with zero attached hydrogens (tertiary/aromatic N) is 2. The van der Waals surface area contributed by atoms with Gasteiger partial charge in [-0.3, -0.25) is 9.80 Å². The molecule has 1 aliphatic heterocycles. The SMILES string of the molecule is Cc1cccc(OCC(O)CN2CCCN(CC(F)F)CC2)c1.